The highest BCUT2D eigenvalue weighted by atomic mass is 32.2. The summed E-state index contributed by atoms with van der Waals surface area (Å²) in [6, 6.07) is 5.05. The number of nitrogen functional groups attached to an aromatic ring is 1. The number of carbonyl (C=O) groups is 1. The number of amides is 1. The summed E-state index contributed by atoms with van der Waals surface area (Å²) in [5.74, 6) is -0.468. The maximum atomic E-state index is 11.9. The average Bonchev–Trinajstić information content (AvgIpc) is 2.32. The molecule has 19 heavy (non-hydrogen) atoms. The minimum absolute atomic E-state index is 0.0579. The molecule has 1 aromatic rings. The van der Waals surface area contributed by atoms with Crippen molar-refractivity contribution in [3.63, 3.8) is 0 Å². The lowest BCUT2D eigenvalue weighted by Gasteiger charge is -2.09. The first kappa shape index (κ1) is 15.5. The zero-order valence-electron chi connectivity index (χ0n) is 11.1. The van der Waals surface area contributed by atoms with E-state index in [2.05, 4.69) is 10.0 Å². The molecule has 0 aliphatic carbocycles. The lowest BCUT2D eigenvalue weighted by Crippen LogP contribution is -2.34. The Balaban J connectivity index is 2.60. The van der Waals surface area contributed by atoms with Crippen LogP contribution in [0.3, 0.4) is 0 Å². The topological polar surface area (TPSA) is 101 Å². The van der Waals surface area contributed by atoms with Crippen LogP contribution in [0.15, 0.2) is 18.2 Å². The van der Waals surface area contributed by atoms with Crippen LogP contribution in [0.2, 0.25) is 0 Å². The number of rotatable bonds is 6. The van der Waals surface area contributed by atoms with E-state index in [1.54, 1.807) is 32.0 Å². The minimum Gasteiger partial charge on any atom is -0.398 e. The Morgan fingerprint density at radius 2 is 2.05 bits per heavy atom. The number of benzene rings is 1. The van der Waals surface area contributed by atoms with E-state index in [1.165, 1.54) is 0 Å². The van der Waals surface area contributed by atoms with E-state index in [1.807, 2.05) is 0 Å². The van der Waals surface area contributed by atoms with Gasteiger partial charge in [0, 0.05) is 24.3 Å². The summed E-state index contributed by atoms with van der Waals surface area (Å²) < 4.78 is 25.1. The van der Waals surface area contributed by atoms with Gasteiger partial charge < -0.3 is 11.1 Å². The van der Waals surface area contributed by atoms with E-state index in [9.17, 15) is 13.2 Å². The third-order valence-electron chi connectivity index (χ3n) is 2.64. The van der Waals surface area contributed by atoms with Gasteiger partial charge in [0.2, 0.25) is 10.0 Å². The highest BCUT2D eigenvalue weighted by Crippen LogP contribution is 2.14. The van der Waals surface area contributed by atoms with E-state index in [-0.39, 0.29) is 18.2 Å². The van der Waals surface area contributed by atoms with Crippen LogP contribution in [0.25, 0.3) is 0 Å². The average molecular weight is 285 g/mol. The van der Waals surface area contributed by atoms with Gasteiger partial charge in [0.1, 0.15) is 0 Å². The SMILES string of the molecule is CCNS(=O)(=O)CCNC(=O)c1cccc(N)c1C. The fourth-order valence-corrected chi connectivity index (χ4v) is 2.54. The van der Waals surface area contributed by atoms with Gasteiger partial charge in [-0.1, -0.05) is 13.0 Å². The van der Waals surface area contributed by atoms with E-state index >= 15 is 0 Å². The van der Waals surface area contributed by atoms with Crippen molar-refractivity contribution in [1.29, 1.82) is 0 Å². The molecular formula is C12H19N3O3S. The van der Waals surface area contributed by atoms with Crippen LogP contribution in [0, 0.1) is 6.92 Å². The van der Waals surface area contributed by atoms with E-state index in [4.69, 9.17) is 5.73 Å². The fraction of sp³-hybridized carbons (Fsp3) is 0.417. The quantitative estimate of drug-likeness (QED) is 0.652. The van der Waals surface area contributed by atoms with Gasteiger partial charge in [-0.05, 0) is 24.6 Å². The highest BCUT2D eigenvalue weighted by molar-refractivity contribution is 7.89. The lowest BCUT2D eigenvalue weighted by molar-refractivity contribution is 0.0955. The van der Waals surface area contributed by atoms with E-state index in [0.29, 0.717) is 23.4 Å². The zero-order chi connectivity index (χ0) is 14.5. The number of nitrogens with one attached hydrogen (secondary N) is 2. The molecule has 0 saturated carbocycles. The molecular weight excluding hydrogens is 266 g/mol. The third-order valence-corrected chi connectivity index (χ3v) is 4.11. The molecule has 0 atom stereocenters. The second-order valence-electron chi connectivity index (χ2n) is 4.09. The number of anilines is 1. The number of hydrogen-bond acceptors (Lipinski definition) is 4. The third kappa shape index (κ3) is 4.53. The molecule has 0 unspecified atom stereocenters. The van der Waals surface area contributed by atoms with Gasteiger partial charge in [-0.2, -0.15) is 0 Å². The Hall–Kier alpha value is -1.60. The summed E-state index contributed by atoms with van der Waals surface area (Å²) in [5.41, 5.74) is 7.39. The van der Waals surface area contributed by atoms with E-state index < -0.39 is 10.0 Å². The van der Waals surface area contributed by atoms with Crippen molar-refractivity contribution in [1.82, 2.24) is 10.0 Å². The van der Waals surface area contributed by atoms with Crippen molar-refractivity contribution in [3.8, 4) is 0 Å². The predicted octanol–water partition coefficient (Wildman–Crippen LogP) is 0.246. The van der Waals surface area contributed by atoms with Gasteiger partial charge in [-0.15, -0.1) is 0 Å². The Morgan fingerprint density at radius 1 is 1.37 bits per heavy atom. The van der Waals surface area contributed by atoms with Crippen LogP contribution in [-0.4, -0.2) is 33.2 Å². The van der Waals surface area contributed by atoms with Crippen molar-refractivity contribution < 1.29 is 13.2 Å². The summed E-state index contributed by atoms with van der Waals surface area (Å²) in [7, 11) is -3.32. The lowest BCUT2D eigenvalue weighted by atomic mass is 10.1. The number of sulfonamides is 1. The maximum absolute atomic E-state index is 11.9. The number of carbonyl (C=O) groups excluding carboxylic acids is 1. The molecule has 0 heterocycles. The molecule has 0 spiro atoms. The van der Waals surface area contributed by atoms with Crippen LogP contribution >= 0.6 is 0 Å². The largest absolute Gasteiger partial charge is 0.398 e. The van der Waals surface area contributed by atoms with Crippen molar-refractivity contribution in [2.75, 3.05) is 24.6 Å². The molecule has 4 N–H and O–H groups in total. The molecule has 0 bridgehead atoms. The van der Waals surface area contributed by atoms with Crippen LogP contribution in [0.1, 0.15) is 22.8 Å². The molecule has 1 aromatic carbocycles. The molecule has 0 fully saturated rings. The van der Waals surface area contributed by atoms with Crippen LogP contribution in [0.5, 0.6) is 0 Å². The van der Waals surface area contributed by atoms with Gasteiger partial charge in [0.25, 0.3) is 5.91 Å². The monoisotopic (exact) mass is 285 g/mol. The fourth-order valence-electron chi connectivity index (χ4n) is 1.59. The number of hydrogen-bond donors (Lipinski definition) is 3. The number of nitrogens with two attached hydrogens (primary N) is 1. The van der Waals surface area contributed by atoms with Gasteiger partial charge in [-0.25, -0.2) is 13.1 Å². The summed E-state index contributed by atoms with van der Waals surface area (Å²) in [5, 5.41) is 2.57. The molecule has 0 aliphatic heterocycles. The molecule has 0 aromatic heterocycles. The summed E-state index contributed by atoms with van der Waals surface area (Å²) in [6.07, 6.45) is 0. The second-order valence-corrected chi connectivity index (χ2v) is 6.02. The minimum atomic E-state index is -3.32. The van der Waals surface area contributed by atoms with Crippen molar-refractivity contribution in [2.45, 2.75) is 13.8 Å². The molecule has 106 valence electrons. The van der Waals surface area contributed by atoms with Gasteiger partial charge in [0.15, 0.2) is 0 Å². The predicted molar refractivity (Wildman–Crippen MR) is 75.4 cm³/mol. The zero-order valence-corrected chi connectivity index (χ0v) is 11.9. The van der Waals surface area contributed by atoms with Crippen LogP contribution in [0.4, 0.5) is 5.69 Å². The highest BCUT2D eigenvalue weighted by Gasteiger charge is 2.12. The van der Waals surface area contributed by atoms with Crippen molar-refractivity contribution in [3.05, 3.63) is 29.3 Å². The molecule has 1 amide bonds. The van der Waals surface area contributed by atoms with Crippen LogP contribution in [-0.2, 0) is 10.0 Å². The normalized spacial score (nSPS) is 11.3. The maximum Gasteiger partial charge on any atom is 0.251 e. The Labute approximate surface area is 113 Å². The standard InChI is InChI=1S/C12H19N3O3S/c1-3-15-19(17,18)8-7-14-12(16)10-5-4-6-11(13)9(10)2/h4-6,15H,3,7-8,13H2,1-2H3,(H,14,16). The Bertz CT molecular complexity index is 555. The summed E-state index contributed by atoms with van der Waals surface area (Å²) in [4.78, 5) is 11.9. The van der Waals surface area contributed by atoms with E-state index in [0.717, 1.165) is 0 Å². The first-order valence-corrected chi connectivity index (χ1v) is 7.63. The first-order chi connectivity index (χ1) is 8.87. The van der Waals surface area contributed by atoms with Crippen LogP contribution < -0.4 is 15.8 Å². The summed E-state index contributed by atoms with van der Waals surface area (Å²) in [6.45, 7) is 3.85. The second kappa shape index (κ2) is 6.53. The molecule has 0 aliphatic rings. The molecule has 0 saturated heterocycles. The molecule has 6 nitrogen and oxygen atoms in total. The van der Waals surface area contributed by atoms with Crippen molar-refractivity contribution >= 4 is 21.6 Å². The van der Waals surface area contributed by atoms with Gasteiger partial charge in [0.05, 0.1) is 5.75 Å². The van der Waals surface area contributed by atoms with Gasteiger partial charge >= 0.3 is 0 Å². The summed E-state index contributed by atoms with van der Waals surface area (Å²) >= 11 is 0. The Kier molecular flexibility index (Phi) is 5.31. The van der Waals surface area contributed by atoms with Gasteiger partial charge in [-0.3, -0.25) is 4.79 Å². The smallest absolute Gasteiger partial charge is 0.251 e. The Morgan fingerprint density at radius 3 is 2.68 bits per heavy atom. The molecule has 7 heteroatoms. The van der Waals surface area contributed by atoms with Crippen molar-refractivity contribution in [2.24, 2.45) is 0 Å². The first-order valence-electron chi connectivity index (χ1n) is 5.98. The molecule has 0 radical (unpaired) electrons. The molecule has 1 rings (SSSR count).